The number of benzene rings is 2. The van der Waals surface area contributed by atoms with E-state index in [-0.39, 0.29) is 6.61 Å². The molecule has 4 rings (SSSR count). The van der Waals surface area contributed by atoms with Gasteiger partial charge in [-0.15, -0.1) is 0 Å². The van der Waals surface area contributed by atoms with Crippen LogP contribution in [0.4, 0.5) is 8.78 Å². The van der Waals surface area contributed by atoms with E-state index < -0.39 is 11.6 Å². The van der Waals surface area contributed by atoms with Crippen molar-refractivity contribution in [2.75, 3.05) is 0 Å². The number of aromatic nitrogens is 1. The molecule has 162 valence electrons. The molecule has 2 aromatic carbocycles. The first-order valence-corrected chi connectivity index (χ1v) is 10.9. The molecule has 0 amide bonds. The zero-order chi connectivity index (χ0) is 21.8. The maximum Gasteiger partial charge on any atom is 0.126 e. The van der Waals surface area contributed by atoms with Crippen LogP contribution in [0.1, 0.15) is 36.9 Å². The molecule has 1 aromatic heterocycles. The van der Waals surface area contributed by atoms with Crippen LogP contribution >= 0.6 is 11.6 Å². The molecule has 0 bridgehead atoms. The van der Waals surface area contributed by atoms with Gasteiger partial charge in [-0.05, 0) is 79.5 Å². The van der Waals surface area contributed by atoms with Gasteiger partial charge in [-0.25, -0.2) is 8.78 Å². The number of halogens is 3. The molecule has 3 nitrogen and oxygen atoms in total. The number of nitrogens with zero attached hydrogens (tertiary/aromatic N) is 1. The highest BCUT2D eigenvalue weighted by molar-refractivity contribution is 6.33. The van der Waals surface area contributed by atoms with Crippen LogP contribution in [0.15, 0.2) is 54.7 Å². The van der Waals surface area contributed by atoms with E-state index >= 15 is 0 Å². The van der Waals surface area contributed by atoms with Gasteiger partial charge in [-0.3, -0.25) is 4.98 Å². The van der Waals surface area contributed by atoms with Gasteiger partial charge < -0.3 is 10.5 Å². The van der Waals surface area contributed by atoms with Gasteiger partial charge in [-0.2, -0.15) is 0 Å². The molecule has 1 fully saturated rings. The van der Waals surface area contributed by atoms with E-state index in [4.69, 9.17) is 22.1 Å². The largest absolute Gasteiger partial charge is 0.489 e. The van der Waals surface area contributed by atoms with Crippen molar-refractivity contribution in [2.24, 2.45) is 11.7 Å². The summed E-state index contributed by atoms with van der Waals surface area (Å²) < 4.78 is 32.5. The first-order chi connectivity index (χ1) is 15.0. The van der Waals surface area contributed by atoms with Crippen LogP contribution in [0.25, 0.3) is 11.1 Å². The lowest BCUT2D eigenvalue weighted by Crippen LogP contribution is -2.27. The van der Waals surface area contributed by atoms with Gasteiger partial charge in [-0.1, -0.05) is 23.7 Å². The topological polar surface area (TPSA) is 48.1 Å². The molecular weight excluding hydrogens is 418 g/mol. The fourth-order valence-corrected chi connectivity index (χ4v) is 4.33. The molecule has 0 unspecified atom stereocenters. The molecule has 0 atom stereocenters. The maximum atomic E-state index is 13.4. The van der Waals surface area contributed by atoms with Crippen molar-refractivity contribution < 1.29 is 13.5 Å². The van der Waals surface area contributed by atoms with Gasteiger partial charge in [0.15, 0.2) is 0 Å². The summed E-state index contributed by atoms with van der Waals surface area (Å²) in [5, 5.41) is 0.568. The lowest BCUT2D eigenvalue weighted by molar-refractivity contribution is 0.305. The van der Waals surface area contributed by atoms with E-state index in [2.05, 4.69) is 4.98 Å². The Bertz CT molecular complexity index is 1030. The van der Waals surface area contributed by atoms with E-state index in [9.17, 15) is 8.78 Å². The van der Waals surface area contributed by atoms with E-state index in [1.54, 1.807) is 12.3 Å². The molecule has 31 heavy (non-hydrogen) atoms. The third-order valence-electron chi connectivity index (χ3n) is 5.77. The first kappa shape index (κ1) is 21.7. The molecule has 0 aliphatic heterocycles. The van der Waals surface area contributed by atoms with Crippen molar-refractivity contribution in [1.82, 2.24) is 4.98 Å². The number of pyridine rings is 1. The molecule has 0 saturated heterocycles. The average Bonchev–Trinajstić information content (AvgIpc) is 2.75. The zero-order valence-corrected chi connectivity index (χ0v) is 17.9. The Balaban J connectivity index is 1.48. The minimum absolute atomic E-state index is 0.0667. The average molecular weight is 443 g/mol. The lowest BCUT2D eigenvalue weighted by atomic mass is 9.83. The summed E-state index contributed by atoms with van der Waals surface area (Å²) in [4.78, 5) is 4.53. The summed E-state index contributed by atoms with van der Waals surface area (Å²) in [6.45, 7) is 0.0667. The van der Waals surface area contributed by atoms with Gasteiger partial charge in [0, 0.05) is 29.6 Å². The van der Waals surface area contributed by atoms with Gasteiger partial charge in [0.2, 0.25) is 0 Å². The highest BCUT2D eigenvalue weighted by Gasteiger charge is 2.20. The minimum Gasteiger partial charge on any atom is -0.489 e. The Morgan fingerprint density at radius 3 is 2.48 bits per heavy atom. The van der Waals surface area contributed by atoms with Gasteiger partial charge in [0.25, 0.3) is 0 Å². The number of hydrogen-bond acceptors (Lipinski definition) is 3. The fourth-order valence-electron chi connectivity index (χ4n) is 4.12. The summed E-state index contributed by atoms with van der Waals surface area (Å²) in [6, 6.07) is 13.2. The minimum atomic E-state index is -0.622. The van der Waals surface area contributed by atoms with E-state index in [0.29, 0.717) is 28.3 Å². The molecule has 1 aliphatic carbocycles. The normalized spacial score (nSPS) is 18.7. The molecule has 0 radical (unpaired) electrons. The summed E-state index contributed by atoms with van der Waals surface area (Å²) >= 11 is 6.45. The number of ether oxygens (including phenoxy) is 1. The Kier molecular flexibility index (Phi) is 6.83. The highest BCUT2D eigenvalue weighted by atomic mass is 35.5. The second-order valence-corrected chi connectivity index (χ2v) is 8.64. The van der Waals surface area contributed by atoms with Gasteiger partial charge in [0.05, 0.1) is 5.02 Å². The van der Waals surface area contributed by atoms with Crippen molar-refractivity contribution in [3.63, 3.8) is 0 Å². The Morgan fingerprint density at radius 1 is 1.00 bits per heavy atom. The van der Waals surface area contributed by atoms with Crippen LogP contribution in [0.2, 0.25) is 5.02 Å². The van der Waals surface area contributed by atoms with Gasteiger partial charge >= 0.3 is 0 Å². The van der Waals surface area contributed by atoms with E-state index in [1.807, 2.05) is 24.3 Å². The fraction of sp³-hybridized carbons (Fsp3) is 0.320. The van der Waals surface area contributed by atoms with Crippen LogP contribution in [0.3, 0.4) is 0 Å². The Hall–Kier alpha value is -2.50. The van der Waals surface area contributed by atoms with E-state index in [0.717, 1.165) is 55.0 Å². The van der Waals surface area contributed by atoms with Crippen LogP contribution in [0, 0.1) is 17.6 Å². The second kappa shape index (κ2) is 9.75. The molecule has 6 heteroatoms. The second-order valence-electron chi connectivity index (χ2n) is 8.23. The quantitative estimate of drug-likeness (QED) is 0.486. The monoisotopic (exact) mass is 442 g/mol. The number of rotatable bonds is 6. The zero-order valence-electron chi connectivity index (χ0n) is 17.2. The van der Waals surface area contributed by atoms with Crippen molar-refractivity contribution in [3.05, 3.63) is 82.6 Å². The highest BCUT2D eigenvalue weighted by Crippen LogP contribution is 2.32. The first-order valence-electron chi connectivity index (χ1n) is 10.5. The van der Waals surface area contributed by atoms with Crippen molar-refractivity contribution in [2.45, 2.75) is 44.8 Å². The molecule has 1 aliphatic rings. The summed E-state index contributed by atoms with van der Waals surface area (Å²) in [5.41, 5.74) is 9.26. The molecule has 3 aromatic rings. The lowest BCUT2D eigenvalue weighted by Gasteiger charge is -2.25. The maximum absolute atomic E-state index is 13.4. The van der Waals surface area contributed by atoms with E-state index in [1.165, 1.54) is 12.1 Å². The SMILES string of the molecule is NC1CCC(Cc2cc(-c3cccc(OCc4cc(F)cc(F)c4)c3)c(Cl)cn2)CC1. The summed E-state index contributed by atoms with van der Waals surface area (Å²) in [5.74, 6) is -0.0488. The smallest absolute Gasteiger partial charge is 0.126 e. The molecule has 1 heterocycles. The predicted octanol–water partition coefficient (Wildman–Crippen LogP) is 6.32. The standard InChI is InChI=1S/C25H25ClF2N2O/c26-25-14-30-22(10-16-4-6-21(29)7-5-16)13-24(25)18-2-1-3-23(11-18)31-15-17-8-19(27)12-20(28)9-17/h1-3,8-9,11-14,16,21H,4-7,10,15,29H2. The molecule has 1 saturated carbocycles. The number of hydrogen-bond donors (Lipinski definition) is 1. The van der Waals surface area contributed by atoms with Crippen LogP contribution in [0.5, 0.6) is 5.75 Å². The van der Waals surface area contributed by atoms with Gasteiger partial charge in [0.1, 0.15) is 24.0 Å². The molecule has 0 spiro atoms. The summed E-state index contributed by atoms with van der Waals surface area (Å²) in [7, 11) is 0. The van der Waals surface area contributed by atoms with Crippen LogP contribution < -0.4 is 10.5 Å². The predicted molar refractivity (Wildman–Crippen MR) is 119 cm³/mol. The molecular formula is C25H25ClF2N2O. The summed E-state index contributed by atoms with van der Waals surface area (Å²) in [6.07, 6.45) is 7.01. The molecule has 2 N–H and O–H groups in total. The van der Waals surface area contributed by atoms with Crippen LogP contribution in [-0.2, 0) is 13.0 Å². The third kappa shape index (κ3) is 5.81. The third-order valence-corrected chi connectivity index (χ3v) is 6.08. The van der Waals surface area contributed by atoms with Crippen molar-refractivity contribution >= 4 is 11.6 Å². The number of nitrogens with two attached hydrogens (primary N) is 1. The Morgan fingerprint density at radius 2 is 1.74 bits per heavy atom. The Labute approximate surface area is 186 Å². The van der Waals surface area contributed by atoms with Crippen molar-refractivity contribution in [1.29, 1.82) is 0 Å². The van der Waals surface area contributed by atoms with Crippen LogP contribution in [-0.4, -0.2) is 11.0 Å². The van der Waals surface area contributed by atoms with Crippen molar-refractivity contribution in [3.8, 4) is 16.9 Å².